The van der Waals surface area contributed by atoms with Crippen LogP contribution in [0.1, 0.15) is 38.5 Å². The molecule has 0 aliphatic heterocycles. The number of carbonyl (C=O) groups excluding carboxylic acids is 4. The number of primary amides is 1. The van der Waals surface area contributed by atoms with E-state index in [2.05, 4.69) is 38.6 Å². The third-order valence-corrected chi connectivity index (χ3v) is 5.36. The van der Waals surface area contributed by atoms with Gasteiger partial charge >= 0.3 is 5.97 Å². The molecule has 4 unspecified atom stereocenters. The van der Waals surface area contributed by atoms with Crippen molar-refractivity contribution >= 4 is 54.1 Å². The van der Waals surface area contributed by atoms with E-state index in [1.807, 2.05) is 0 Å². The molecule has 0 bridgehead atoms. The lowest BCUT2D eigenvalue weighted by Gasteiger charge is -2.24. The van der Waals surface area contributed by atoms with Crippen LogP contribution in [-0.2, 0) is 24.0 Å². The van der Waals surface area contributed by atoms with Gasteiger partial charge in [-0.2, -0.15) is 12.6 Å². The summed E-state index contributed by atoms with van der Waals surface area (Å²) in [5.74, 6) is -4.73. The van der Waals surface area contributed by atoms with Crippen LogP contribution in [0.4, 0.5) is 0 Å². The van der Waals surface area contributed by atoms with Gasteiger partial charge in [-0.3, -0.25) is 29.2 Å². The maximum atomic E-state index is 12.9. The van der Waals surface area contributed by atoms with E-state index < -0.39 is 53.8 Å². The number of amides is 4. The molecule has 0 saturated heterocycles. The monoisotopic (exact) mass is 561 g/mol. The fraction of sp³-hybridized carbons (Fsp3) is 0.650. The van der Waals surface area contributed by atoms with Crippen molar-refractivity contribution in [2.24, 2.45) is 44.4 Å². The number of hydrogen-bond donors (Lipinski definition) is 11. The van der Waals surface area contributed by atoms with Gasteiger partial charge in [0.15, 0.2) is 11.9 Å². The van der Waals surface area contributed by atoms with Gasteiger partial charge in [-0.15, -0.1) is 0 Å². The Morgan fingerprint density at radius 3 is 1.66 bits per heavy atom. The number of nitrogens with one attached hydrogen (secondary N) is 3. The Hall–Kier alpha value is -3.80. The zero-order valence-corrected chi connectivity index (χ0v) is 21.9. The molecule has 0 aromatic carbocycles. The van der Waals surface area contributed by atoms with Crippen molar-refractivity contribution in [3.05, 3.63) is 0 Å². The summed E-state index contributed by atoms with van der Waals surface area (Å²) < 4.78 is 0. The Morgan fingerprint density at radius 1 is 0.711 bits per heavy atom. The average Bonchev–Trinajstić information content (AvgIpc) is 2.83. The molecule has 0 heterocycles. The minimum Gasteiger partial charge on any atom is -0.480 e. The largest absolute Gasteiger partial charge is 0.480 e. The minimum absolute atomic E-state index is 0.0219. The Morgan fingerprint density at radius 2 is 1.18 bits per heavy atom. The first-order valence-corrected chi connectivity index (χ1v) is 12.3. The molecule has 0 aromatic heterocycles. The van der Waals surface area contributed by atoms with E-state index in [9.17, 15) is 29.1 Å². The van der Waals surface area contributed by atoms with Gasteiger partial charge in [0.25, 0.3) is 0 Å². The summed E-state index contributed by atoms with van der Waals surface area (Å²) in [5.41, 5.74) is 32.0. The summed E-state index contributed by atoms with van der Waals surface area (Å²) in [7, 11) is 0. The van der Waals surface area contributed by atoms with Crippen LogP contribution in [0.15, 0.2) is 9.98 Å². The third-order valence-electron chi connectivity index (χ3n) is 4.99. The molecule has 0 aliphatic rings. The van der Waals surface area contributed by atoms with Gasteiger partial charge in [0, 0.05) is 25.3 Å². The van der Waals surface area contributed by atoms with Crippen molar-refractivity contribution in [3.63, 3.8) is 0 Å². The standard InChI is InChI=1S/C20H39N11O6S/c21-10(3-1-7-27-19(23)24)15(33)31-13(9-38)17(35)29-11(4-2-8-28-20(25)26)16(34)30-12(18(36)37)5-6-14(22)32/h10-13,38H,1-9,21H2,(H2,22,32)(H,29,35)(H,30,34)(H,31,33)(H,36,37)(H4,23,24,27)(H4,25,26,28). The lowest BCUT2D eigenvalue weighted by molar-refractivity contribution is -0.142. The number of aliphatic imine (C=N–C) groups is 2. The fourth-order valence-corrected chi connectivity index (χ4v) is 3.24. The normalized spacial score (nSPS) is 13.6. The zero-order chi connectivity index (χ0) is 29.3. The van der Waals surface area contributed by atoms with Gasteiger partial charge in [0.05, 0.1) is 6.04 Å². The number of thiol groups is 1. The highest BCUT2D eigenvalue weighted by molar-refractivity contribution is 7.80. The number of carboxylic acid groups (broad SMARTS) is 1. The molecule has 38 heavy (non-hydrogen) atoms. The number of carbonyl (C=O) groups is 5. The summed E-state index contributed by atoms with van der Waals surface area (Å²) in [6, 6.07) is -4.77. The second-order valence-corrected chi connectivity index (χ2v) is 8.58. The fourth-order valence-electron chi connectivity index (χ4n) is 2.98. The molecular formula is C20H39N11O6S. The molecule has 0 fully saturated rings. The molecular weight excluding hydrogens is 522 g/mol. The van der Waals surface area contributed by atoms with E-state index >= 15 is 0 Å². The Balaban J connectivity index is 5.34. The highest BCUT2D eigenvalue weighted by Gasteiger charge is 2.29. The number of aliphatic carboxylic acids is 1. The smallest absolute Gasteiger partial charge is 0.326 e. The Kier molecular flexibility index (Phi) is 16.6. The van der Waals surface area contributed by atoms with Gasteiger partial charge in [0.1, 0.15) is 18.1 Å². The molecule has 0 saturated carbocycles. The summed E-state index contributed by atoms with van der Waals surface area (Å²) in [6.07, 6.45) is 0.395. The molecule has 18 heteroatoms. The van der Waals surface area contributed by atoms with Crippen LogP contribution in [0.25, 0.3) is 0 Å². The molecule has 4 atom stereocenters. The minimum atomic E-state index is -1.43. The van der Waals surface area contributed by atoms with Crippen molar-refractivity contribution < 1.29 is 29.1 Å². The predicted molar refractivity (Wildman–Crippen MR) is 144 cm³/mol. The molecule has 0 radical (unpaired) electrons. The first-order chi connectivity index (χ1) is 17.8. The number of guanidine groups is 2. The highest BCUT2D eigenvalue weighted by Crippen LogP contribution is 2.05. The molecule has 0 aromatic rings. The lowest BCUT2D eigenvalue weighted by Crippen LogP contribution is -2.57. The zero-order valence-electron chi connectivity index (χ0n) is 21.0. The first kappa shape index (κ1) is 34.2. The van der Waals surface area contributed by atoms with Gasteiger partial charge in [-0.1, -0.05) is 0 Å². The molecule has 0 rings (SSSR count). The maximum Gasteiger partial charge on any atom is 0.326 e. The van der Waals surface area contributed by atoms with Gasteiger partial charge in [-0.05, 0) is 32.1 Å². The van der Waals surface area contributed by atoms with E-state index in [0.29, 0.717) is 6.42 Å². The lowest BCUT2D eigenvalue weighted by atomic mass is 10.1. The van der Waals surface area contributed by atoms with Crippen LogP contribution >= 0.6 is 12.6 Å². The molecule has 17 nitrogen and oxygen atoms in total. The quantitative estimate of drug-likeness (QED) is 0.0307. The van der Waals surface area contributed by atoms with Crippen LogP contribution in [0.5, 0.6) is 0 Å². The second kappa shape index (κ2) is 18.4. The topological polar surface area (TPSA) is 323 Å². The number of nitrogens with zero attached hydrogens (tertiary/aromatic N) is 2. The predicted octanol–water partition coefficient (Wildman–Crippen LogP) is -4.84. The van der Waals surface area contributed by atoms with Crippen LogP contribution in [0, 0.1) is 0 Å². The van der Waals surface area contributed by atoms with Crippen molar-refractivity contribution in [3.8, 4) is 0 Å². The van der Waals surface area contributed by atoms with E-state index in [0.717, 1.165) is 0 Å². The molecule has 0 spiro atoms. The van der Waals surface area contributed by atoms with Gasteiger partial charge in [-0.25, -0.2) is 4.79 Å². The van der Waals surface area contributed by atoms with Crippen molar-refractivity contribution in [2.75, 3.05) is 18.8 Å². The average molecular weight is 562 g/mol. The van der Waals surface area contributed by atoms with Crippen molar-refractivity contribution in [2.45, 2.75) is 62.7 Å². The van der Waals surface area contributed by atoms with Crippen LogP contribution in [-0.4, -0.2) is 89.6 Å². The number of rotatable bonds is 19. The molecule has 4 amide bonds. The van der Waals surface area contributed by atoms with Crippen LogP contribution < -0.4 is 50.4 Å². The third kappa shape index (κ3) is 15.3. The first-order valence-electron chi connectivity index (χ1n) is 11.7. The molecule has 216 valence electrons. The highest BCUT2D eigenvalue weighted by atomic mass is 32.1. The van der Waals surface area contributed by atoms with Gasteiger partial charge in [0.2, 0.25) is 23.6 Å². The summed E-state index contributed by atoms with van der Waals surface area (Å²) in [6.45, 7) is 0.403. The molecule has 0 aliphatic carbocycles. The van der Waals surface area contributed by atoms with Crippen molar-refractivity contribution in [1.82, 2.24) is 16.0 Å². The van der Waals surface area contributed by atoms with Crippen LogP contribution in [0.2, 0.25) is 0 Å². The Bertz CT molecular complexity index is 878. The Labute approximate surface area is 225 Å². The van der Waals surface area contributed by atoms with E-state index in [4.69, 9.17) is 34.4 Å². The van der Waals surface area contributed by atoms with Crippen LogP contribution in [0.3, 0.4) is 0 Å². The van der Waals surface area contributed by atoms with E-state index in [-0.39, 0.29) is 62.9 Å². The van der Waals surface area contributed by atoms with Crippen molar-refractivity contribution in [1.29, 1.82) is 0 Å². The summed E-state index contributed by atoms with van der Waals surface area (Å²) in [5, 5.41) is 16.6. The SMILES string of the molecule is NC(=O)CCC(NC(=O)C(CCCN=C(N)N)NC(=O)C(CS)NC(=O)C(N)CCCN=C(N)N)C(=O)O. The number of hydrogen-bond acceptors (Lipinski definition) is 9. The van der Waals surface area contributed by atoms with E-state index in [1.165, 1.54) is 0 Å². The molecule has 16 N–H and O–H groups in total. The number of carboxylic acids is 1. The van der Waals surface area contributed by atoms with Gasteiger partial charge < -0.3 is 55.5 Å². The summed E-state index contributed by atoms with van der Waals surface area (Å²) in [4.78, 5) is 68.3. The number of nitrogens with two attached hydrogens (primary N) is 6. The maximum absolute atomic E-state index is 12.9. The summed E-state index contributed by atoms with van der Waals surface area (Å²) >= 11 is 4.09. The van der Waals surface area contributed by atoms with E-state index in [1.54, 1.807) is 0 Å². The second-order valence-electron chi connectivity index (χ2n) is 8.21.